The smallest absolute Gasteiger partial charge is 0.410 e. The van der Waals surface area contributed by atoms with Crippen LogP contribution >= 0.6 is 11.3 Å². The molecule has 204 valence electrons. The average Bonchev–Trinajstić information content (AvgIpc) is 3.56. The largest absolute Gasteiger partial charge is 0.497 e. The lowest BCUT2D eigenvalue weighted by Gasteiger charge is -2.36. The normalized spacial score (nSPS) is 13.8. The van der Waals surface area contributed by atoms with Crippen LogP contribution in [0.5, 0.6) is 11.5 Å². The Kier molecular flexibility index (Phi) is 8.45. The fourth-order valence-electron chi connectivity index (χ4n) is 4.08. The number of methoxy groups -OCH3 is 2. The van der Waals surface area contributed by atoms with Crippen LogP contribution in [0.1, 0.15) is 41.7 Å². The first kappa shape index (κ1) is 27.3. The van der Waals surface area contributed by atoms with Crippen LogP contribution in [0.4, 0.5) is 15.6 Å². The van der Waals surface area contributed by atoms with E-state index in [1.807, 2.05) is 57.2 Å². The number of anilines is 2. The van der Waals surface area contributed by atoms with Gasteiger partial charge in [0.05, 0.1) is 29.8 Å². The van der Waals surface area contributed by atoms with Gasteiger partial charge >= 0.3 is 6.09 Å². The minimum atomic E-state index is -0.510. The SMILES string of the molecule is COc1cc(CCc2cc(NC(=O)c3ccc(N4CCN(C(=O)OC(C)(C)C)CC4)s3)[nH]n2)cc(OC)c1. The molecule has 0 bridgehead atoms. The highest BCUT2D eigenvalue weighted by atomic mass is 32.1. The van der Waals surface area contributed by atoms with Crippen molar-refractivity contribution in [2.45, 2.75) is 39.2 Å². The van der Waals surface area contributed by atoms with Gasteiger partial charge in [0.2, 0.25) is 0 Å². The Morgan fingerprint density at radius 2 is 1.68 bits per heavy atom. The van der Waals surface area contributed by atoms with Gasteiger partial charge < -0.3 is 29.3 Å². The molecule has 4 rings (SSSR count). The third-order valence-electron chi connectivity index (χ3n) is 6.02. The first-order valence-electron chi connectivity index (χ1n) is 12.5. The van der Waals surface area contributed by atoms with E-state index in [1.165, 1.54) is 11.3 Å². The summed E-state index contributed by atoms with van der Waals surface area (Å²) in [5.41, 5.74) is 1.41. The summed E-state index contributed by atoms with van der Waals surface area (Å²) in [4.78, 5) is 29.7. The zero-order chi connectivity index (χ0) is 27.3. The summed E-state index contributed by atoms with van der Waals surface area (Å²) in [5, 5.41) is 11.1. The summed E-state index contributed by atoms with van der Waals surface area (Å²) in [6, 6.07) is 11.4. The average molecular weight is 542 g/mol. The molecular formula is C27H35N5O5S. The first-order valence-corrected chi connectivity index (χ1v) is 13.4. The van der Waals surface area contributed by atoms with Crippen molar-refractivity contribution in [1.82, 2.24) is 15.1 Å². The highest BCUT2D eigenvalue weighted by Gasteiger charge is 2.26. The number of hydrogen-bond acceptors (Lipinski definition) is 8. The highest BCUT2D eigenvalue weighted by Crippen LogP contribution is 2.28. The number of carbonyl (C=O) groups excluding carboxylic acids is 2. The van der Waals surface area contributed by atoms with Crippen LogP contribution in [0, 0.1) is 0 Å². The second-order valence-corrected chi connectivity index (χ2v) is 11.1. The van der Waals surface area contributed by atoms with Crippen molar-refractivity contribution in [3.05, 3.63) is 52.5 Å². The molecule has 10 nitrogen and oxygen atoms in total. The number of rotatable bonds is 8. The Balaban J connectivity index is 1.28. The van der Waals surface area contributed by atoms with Crippen LogP contribution in [0.3, 0.4) is 0 Å². The van der Waals surface area contributed by atoms with Crippen molar-refractivity contribution in [2.75, 3.05) is 50.6 Å². The van der Waals surface area contributed by atoms with Crippen LogP contribution in [0.25, 0.3) is 0 Å². The second kappa shape index (κ2) is 11.8. The van der Waals surface area contributed by atoms with E-state index in [0.29, 0.717) is 43.3 Å². The van der Waals surface area contributed by atoms with Gasteiger partial charge in [-0.05, 0) is 63.4 Å². The minimum absolute atomic E-state index is 0.193. The molecule has 2 aromatic heterocycles. The van der Waals surface area contributed by atoms with Crippen LogP contribution in [0.2, 0.25) is 0 Å². The molecule has 11 heteroatoms. The Hall–Kier alpha value is -3.73. The quantitative estimate of drug-likeness (QED) is 0.430. The topological polar surface area (TPSA) is 109 Å². The predicted molar refractivity (Wildman–Crippen MR) is 148 cm³/mol. The van der Waals surface area contributed by atoms with Crippen molar-refractivity contribution < 1.29 is 23.8 Å². The number of nitrogens with zero attached hydrogens (tertiary/aromatic N) is 3. The van der Waals surface area contributed by atoms with E-state index in [4.69, 9.17) is 14.2 Å². The number of aryl methyl sites for hydroxylation is 2. The molecule has 0 atom stereocenters. The van der Waals surface area contributed by atoms with Crippen LogP contribution in [-0.4, -0.2) is 73.1 Å². The number of aromatic amines is 1. The second-order valence-electron chi connectivity index (χ2n) is 10.0. The standard InChI is InChI=1S/C27H35N5O5S/c1-27(2,3)37-26(34)32-12-10-31(11-13-32)24-9-8-22(38-24)25(33)28-23-16-19(29-30-23)7-6-18-14-20(35-4)17-21(15-18)36-5/h8-9,14-17H,6-7,10-13H2,1-5H3,(H2,28,29,30,33). The molecule has 1 aliphatic rings. The predicted octanol–water partition coefficient (Wildman–Crippen LogP) is 4.58. The Morgan fingerprint density at radius 1 is 1.00 bits per heavy atom. The van der Waals surface area contributed by atoms with Crippen LogP contribution in [-0.2, 0) is 17.6 Å². The first-order chi connectivity index (χ1) is 18.1. The molecule has 1 aliphatic heterocycles. The number of benzene rings is 1. The van der Waals surface area contributed by atoms with Gasteiger partial charge in [0, 0.05) is 38.3 Å². The van der Waals surface area contributed by atoms with Crippen molar-refractivity contribution in [3.63, 3.8) is 0 Å². The number of H-pyrrole nitrogens is 1. The number of carbonyl (C=O) groups is 2. The number of amides is 2. The van der Waals surface area contributed by atoms with E-state index in [0.717, 1.165) is 34.2 Å². The maximum Gasteiger partial charge on any atom is 0.410 e. The van der Waals surface area contributed by atoms with Crippen LogP contribution < -0.4 is 19.7 Å². The van der Waals surface area contributed by atoms with Gasteiger partial charge in [-0.1, -0.05) is 0 Å². The minimum Gasteiger partial charge on any atom is -0.497 e. The Labute approximate surface area is 226 Å². The molecule has 38 heavy (non-hydrogen) atoms. The fourth-order valence-corrected chi connectivity index (χ4v) is 5.03. The molecule has 0 saturated carbocycles. The molecule has 0 spiro atoms. The van der Waals surface area contributed by atoms with E-state index >= 15 is 0 Å². The van der Waals surface area contributed by atoms with E-state index in [1.54, 1.807) is 19.1 Å². The maximum atomic E-state index is 12.8. The fraction of sp³-hybridized carbons (Fsp3) is 0.444. The summed E-state index contributed by atoms with van der Waals surface area (Å²) in [6.07, 6.45) is 1.16. The Bertz CT molecular complexity index is 1230. The number of piperazine rings is 1. The molecule has 2 N–H and O–H groups in total. The van der Waals surface area contributed by atoms with Gasteiger partial charge in [0.1, 0.15) is 22.9 Å². The van der Waals surface area contributed by atoms with Gasteiger partial charge in [0.15, 0.2) is 0 Å². The summed E-state index contributed by atoms with van der Waals surface area (Å²) in [5.74, 6) is 1.85. The third-order valence-corrected chi connectivity index (χ3v) is 7.16. The molecule has 0 radical (unpaired) electrons. The molecule has 1 fully saturated rings. The lowest BCUT2D eigenvalue weighted by molar-refractivity contribution is 0.0240. The zero-order valence-electron chi connectivity index (χ0n) is 22.5. The van der Waals surface area contributed by atoms with Crippen molar-refractivity contribution >= 4 is 34.2 Å². The summed E-state index contributed by atoms with van der Waals surface area (Å²) in [7, 11) is 3.26. The van der Waals surface area contributed by atoms with Gasteiger partial charge in [0.25, 0.3) is 5.91 Å². The monoisotopic (exact) mass is 541 g/mol. The molecule has 3 aromatic rings. The molecule has 1 saturated heterocycles. The lowest BCUT2D eigenvalue weighted by atomic mass is 10.1. The maximum absolute atomic E-state index is 12.8. The number of ether oxygens (including phenoxy) is 3. The number of aromatic nitrogens is 2. The van der Waals surface area contributed by atoms with E-state index < -0.39 is 5.60 Å². The van der Waals surface area contributed by atoms with Crippen molar-refractivity contribution in [3.8, 4) is 11.5 Å². The number of nitrogens with one attached hydrogen (secondary N) is 2. The molecule has 1 aromatic carbocycles. The number of thiophene rings is 1. The number of hydrogen-bond donors (Lipinski definition) is 2. The van der Waals surface area contributed by atoms with E-state index in [2.05, 4.69) is 20.4 Å². The third kappa shape index (κ3) is 7.18. The highest BCUT2D eigenvalue weighted by molar-refractivity contribution is 7.18. The van der Waals surface area contributed by atoms with E-state index in [-0.39, 0.29) is 12.0 Å². The molecule has 3 heterocycles. The summed E-state index contributed by atoms with van der Waals surface area (Å²) < 4.78 is 16.1. The summed E-state index contributed by atoms with van der Waals surface area (Å²) in [6.45, 7) is 8.12. The zero-order valence-corrected chi connectivity index (χ0v) is 23.3. The van der Waals surface area contributed by atoms with E-state index in [9.17, 15) is 9.59 Å². The molecule has 2 amide bonds. The molecular weight excluding hydrogens is 506 g/mol. The Morgan fingerprint density at radius 3 is 2.32 bits per heavy atom. The molecule has 0 aliphatic carbocycles. The van der Waals surface area contributed by atoms with Crippen molar-refractivity contribution in [1.29, 1.82) is 0 Å². The van der Waals surface area contributed by atoms with Crippen molar-refractivity contribution in [2.24, 2.45) is 0 Å². The van der Waals surface area contributed by atoms with Gasteiger partial charge in [-0.3, -0.25) is 9.89 Å². The molecule has 0 unspecified atom stereocenters. The van der Waals surface area contributed by atoms with Gasteiger partial charge in [-0.2, -0.15) is 5.10 Å². The van der Waals surface area contributed by atoms with Crippen LogP contribution in [0.15, 0.2) is 36.4 Å². The van der Waals surface area contributed by atoms with Gasteiger partial charge in [-0.25, -0.2) is 4.79 Å². The van der Waals surface area contributed by atoms with Gasteiger partial charge in [-0.15, -0.1) is 11.3 Å². The summed E-state index contributed by atoms with van der Waals surface area (Å²) >= 11 is 1.43. The lowest BCUT2D eigenvalue weighted by Crippen LogP contribution is -2.49.